The van der Waals surface area contributed by atoms with Crippen molar-refractivity contribution in [3.05, 3.63) is 66.6 Å². The van der Waals surface area contributed by atoms with Crippen molar-refractivity contribution in [2.75, 3.05) is 34.8 Å². The van der Waals surface area contributed by atoms with E-state index in [9.17, 15) is 9.00 Å². The average molecular weight is 380 g/mol. The predicted molar refractivity (Wildman–Crippen MR) is 109 cm³/mol. The molecule has 1 amide bonds. The number of aromatic nitrogens is 2. The SMILES string of the molecule is O=C(Nc1ccc(N2CCS(=O)CC2)cc1)c1cccc(-c2cc[nH]c2)n1. The zero-order chi connectivity index (χ0) is 18.6. The second-order valence-electron chi connectivity index (χ2n) is 6.34. The largest absolute Gasteiger partial charge is 0.370 e. The van der Waals surface area contributed by atoms with Gasteiger partial charge in [0, 0.05) is 64.7 Å². The molecule has 0 saturated carbocycles. The third-order valence-electron chi connectivity index (χ3n) is 4.54. The van der Waals surface area contributed by atoms with Gasteiger partial charge >= 0.3 is 0 Å². The molecule has 3 aromatic rings. The number of amides is 1. The summed E-state index contributed by atoms with van der Waals surface area (Å²) in [5.74, 6) is 1.18. The number of aromatic amines is 1. The molecule has 2 N–H and O–H groups in total. The quantitative estimate of drug-likeness (QED) is 0.730. The summed E-state index contributed by atoms with van der Waals surface area (Å²) >= 11 is 0. The van der Waals surface area contributed by atoms with Crippen LogP contribution in [0, 0.1) is 0 Å². The first kappa shape index (κ1) is 17.5. The van der Waals surface area contributed by atoms with Crippen LogP contribution in [0.5, 0.6) is 0 Å². The zero-order valence-corrected chi connectivity index (χ0v) is 15.5. The molecule has 1 aliphatic rings. The van der Waals surface area contributed by atoms with Crippen molar-refractivity contribution in [2.24, 2.45) is 0 Å². The van der Waals surface area contributed by atoms with Crippen molar-refractivity contribution in [2.45, 2.75) is 0 Å². The van der Waals surface area contributed by atoms with Crippen LogP contribution in [0.15, 0.2) is 60.9 Å². The molecule has 2 aromatic heterocycles. The van der Waals surface area contributed by atoms with Crippen molar-refractivity contribution in [3.8, 4) is 11.3 Å². The maximum Gasteiger partial charge on any atom is 0.274 e. The second kappa shape index (κ2) is 7.75. The van der Waals surface area contributed by atoms with E-state index in [1.165, 1.54) is 0 Å². The minimum atomic E-state index is -0.689. The van der Waals surface area contributed by atoms with Gasteiger partial charge in [-0.2, -0.15) is 0 Å². The number of carbonyl (C=O) groups excluding carboxylic acids is 1. The topological polar surface area (TPSA) is 78.1 Å². The van der Waals surface area contributed by atoms with Crippen molar-refractivity contribution in [1.82, 2.24) is 9.97 Å². The molecule has 4 rings (SSSR count). The van der Waals surface area contributed by atoms with E-state index in [0.29, 0.717) is 17.2 Å². The van der Waals surface area contributed by atoms with E-state index in [1.54, 1.807) is 6.07 Å². The predicted octanol–water partition coefficient (Wildman–Crippen LogP) is 2.90. The highest BCUT2D eigenvalue weighted by Gasteiger charge is 2.15. The molecule has 1 aliphatic heterocycles. The van der Waals surface area contributed by atoms with Gasteiger partial charge in [-0.3, -0.25) is 9.00 Å². The van der Waals surface area contributed by atoms with Gasteiger partial charge in [-0.05, 0) is 42.5 Å². The Morgan fingerprint density at radius 2 is 1.85 bits per heavy atom. The van der Waals surface area contributed by atoms with E-state index >= 15 is 0 Å². The molecule has 0 radical (unpaired) electrons. The molecule has 7 heteroatoms. The fraction of sp³-hybridized carbons (Fsp3) is 0.200. The van der Waals surface area contributed by atoms with Crippen LogP contribution < -0.4 is 10.2 Å². The summed E-state index contributed by atoms with van der Waals surface area (Å²) in [5.41, 5.74) is 3.87. The van der Waals surface area contributed by atoms with Crippen LogP contribution in [0.4, 0.5) is 11.4 Å². The number of H-pyrrole nitrogens is 1. The lowest BCUT2D eigenvalue weighted by atomic mass is 10.2. The minimum absolute atomic E-state index is 0.242. The Kier molecular flexibility index (Phi) is 5.02. The summed E-state index contributed by atoms with van der Waals surface area (Å²) in [4.78, 5) is 22.2. The molecular weight excluding hydrogens is 360 g/mol. The van der Waals surface area contributed by atoms with Crippen molar-refractivity contribution in [3.63, 3.8) is 0 Å². The van der Waals surface area contributed by atoms with Crippen LogP contribution in [0.1, 0.15) is 10.5 Å². The third kappa shape index (κ3) is 4.09. The van der Waals surface area contributed by atoms with Gasteiger partial charge in [0.1, 0.15) is 5.69 Å². The van der Waals surface area contributed by atoms with E-state index < -0.39 is 10.8 Å². The van der Waals surface area contributed by atoms with Gasteiger partial charge in [0.15, 0.2) is 0 Å². The standard InChI is InChI=1S/C20H20N4O2S/c25-20(19-3-1-2-18(23-19)15-8-9-21-14-15)22-16-4-6-17(7-5-16)24-10-12-27(26)13-11-24/h1-9,14,21H,10-13H2,(H,22,25). The van der Waals surface area contributed by atoms with Crippen molar-refractivity contribution in [1.29, 1.82) is 0 Å². The van der Waals surface area contributed by atoms with Crippen molar-refractivity contribution < 1.29 is 9.00 Å². The Labute approximate surface area is 160 Å². The lowest BCUT2D eigenvalue weighted by molar-refractivity contribution is 0.102. The first-order valence-corrected chi connectivity index (χ1v) is 10.3. The summed E-state index contributed by atoms with van der Waals surface area (Å²) in [5, 5.41) is 2.89. The number of anilines is 2. The number of hydrogen-bond donors (Lipinski definition) is 2. The molecule has 3 heterocycles. The summed E-state index contributed by atoms with van der Waals surface area (Å²) in [6.45, 7) is 1.60. The summed E-state index contributed by atoms with van der Waals surface area (Å²) < 4.78 is 11.5. The van der Waals surface area contributed by atoms with E-state index in [4.69, 9.17) is 0 Å². The van der Waals surface area contributed by atoms with Gasteiger partial charge in [0.05, 0.1) is 5.69 Å². The van der Waals surface area contributed by atoms with Crippen LogP contribution >= 0.6 is 0 Å². The highest BCUT2D eigenvalue weighted by molar-refractivity contribution is 7.85. The highest BCUT2D eigenvalue weighted by atomic mass is 32.2. The highest BCUT2D eigenvalue weighted by Crippen LogP contribution is 2.20. The molecular formula is C20H20N4O2S. The van der Waals surface area contributed by atoms with Crippen molar-refractivity contribution >= 4 is 28.1 Å². The minimum Gasteiger partial charge on any atom is -0.370 e. The first-order valence-electron chi connectivity index (χ1n) is 8.80. The average Bonchev–Trinajstić information content (AvgIpc) is 3.24. The number of pyridine rings is 1. The summed E-state index contributed by atoms with van der Waals surface area (Å²) in [6, 6.07) is 15.0. The molecule has 6 nitrogen and oxygen atoms in total. The van der Waals surface area contributed by atoms with Gasteiger partial charge in [-0.25, -0.2) is 4.98 Å². The number of benzene rings is 1. The van der Waals surface area contributed by atoms with Gasteiger partial charge in [0.25, 0.3) is 5.91 Å². The van der Waals surface area contributed by atoms with Gasteiger partial charge in [0.2, 0.25) is 0 Å². The number of nitrogens with one attached hydrogen (secondary N) is 2. The van der Waals surface area contributed by atoms with Gasteiger partial charge in [-0.15, -0.1) is 0 Å². The Morgan fingerprint density at radius 3 is 2.56 bits per heavy atom. The molecule has 0 spiro atoms. The monoisotopic (exact) mass is 380 g/mol. The Hall–Kier alpha value is -2.93. The van der Waals surface area contributed by atoms with Crippen LogP contribution in [0.25, 0.3) is 11.3 Å². The maximum absolute atomic E-state index is 12.5. The lowest BCUT2D eigenvalue weighted by Crippen LogP contribution is -2.37. The number of nitrogens with zero attached hydrogens (tertiary/aromatic N) is 2. The van der Waals surface area contributed by atoms with E-state index in [0.717, 1.165) is 35.7 Å². The lowest BCUT2D eigenvalue weighted by Gasteiger charge is -2.28. The summed E-state index contributed by atoms with van der Waals surface area (Å²) in [7, 11) is -0.689. The number of carbonyl (C=O) groups is 1. The van der Waals surface area contributed by atoms with Gasteiger partial charge in [-0.1, -0.05) is 6.07 Å². The zero-order valence-electron chi connectivity index (χ0n) is 14.7. The molecule has 1 fully saturated rings. The van der Waals surface area contributed by atoms with Crippen LogP contribution in [0.3, 0.4) is 0 Å². The third-order valence-corrected chi connectivity index (χ3v) is 5.82. The molecule has 0 atom stereocenters. The molecule has 27 heavy (non-hydrogen) atoms. The first-order chi connectivity index (χ1) is 13.2. The second-order valence-corrected chi connectivity index (χ2v) is 8.04. The fourth-order valence-electron chi connectivity index (χ4n) is 3.05. The smallest absolute Gasteiger partial charge is 0.274 e. The maximum atomic E-state index is 12.5. The van der Waals surface area contributed by atoms with E-state index in [2.05, 4.69) is 20.2 Å². The van der Waals surface area contributed by atoms with E-state index in [-0.39, 0.29) is 5.91 Å². The molecule has 138 valence electrons. The molecule has 1 aromatic carbocycles. The van der Waals surface area contributed by atoms with Gasteiger partial charge < -0.3 is 15.2 Å². The van der Waals surface area contributed by atoms with Crippen LogP contribution in [-0.4, -0.2) is 44.7 Å². The normalized spacial score (nSPS) is 14.9. The Balaban J connectivity index is 1.44. The van der Waals surface area contributed by atoms with Crippen LogP contribution in [0.2, 0.25) is 0 Å². The molecule has 1 saturated heterocycles. The Morgan fingerprint density at radius 1 is 1.07 bits per heavy atom. The molecule has 0 aliphatic carbocycles. The summed E-state index contributed by atoms with van der Waals surface area (Å²) in [6.07, 6.45) is 3.67. The Bertz CT molecular complexity index is 944. The number of hydrogen-bond acceptors (Lipinski definition) is 4. The van der Waals surface area contributed by atoms with Crippen LogP contribution in [-0.2, 0) is 10.8 Å². The number of rotatable bonds is 4. The van der Waals surface area contributed by atoms with E-state index in [1.807, 2.05) is 54.9 Å². The molecule has 0 unspecified atom stereocenters. The molecule has 0 bridgehead atoms. The fourth-order valence-corrected chi connectivity index (χ4v) is 4.10.